The van der Waals surface area contributed by atoms with Gasteiger partial charge in [-0.2, -0.15) is 5.10 Å². The fraction of sp³-hybridized carbons (Fsp3) is 0.350. The van der Waals surface area contributed by atoms with Crippen molar-refractivity contribution in [3.05, 3.63) is 41.6 Å². The van der Waals surface area contributed by atoms with Gasteiger partial charge in [0.05, 0.1) is 17.8 Å². The van der Waals surface area contributed by atoms with Crippen molar-refractivity contribution in [1.29, 1.82) is 0 Å². The minimum Gasteiger partial charge on any atom is -0.456 e. The number of nitrogens with one attached hydrogen (secondary N) is 1. The summed E-state index contributed by atoms with van der Waals surface area (Å²) in [6.07, 6.45) is 0.194. The second kappa shape index (κ2) is 8.68. The third-order valence-electron chi connectivity index (χ3n) is 4.44. The largest absolute Gasteiger partial charge is 0.456 e. The Balaban J connectivity index is 1.52. The summed E-state index contributed by atoms with van der Waals surface area (Å²) in [6.45, 7) is 3.28. The van der Waals surface area contributed by atoms with Crippen molar-refractivity contribution in [1.82, 2.24) is 14.7 Å². The van der Waals surface area contributed by atoms with Gasteiger partial charge in [0.25, 0.3) is 5.91 Å². The van der Waals surface area contributed by atoms with Crippen LogP contribution in [0.25, 0.3) is 5.69 Å². The Hall–Kier alpha value is -3.49. The van der Waals surface area contributed by atoms with Crippen molar-refractivity contribution in [2.45, 2.75) is 33.1 Å². The Morgan fingerprint density at radius 2 is 1.76 bits per heavy atom. The van der Waals surface area contributed by atoms with E-state index >= 15 is 0 Å². The number of nitrogens with zero attached hydrogens (tertiary/aromatic N) is 3. The second-order valence-electron chi connectivity index (χ2n) is 6.82. The molecular formula is C20H22N4O5. The monoisotopic (exact) mass is 398 g/mol. The van der Waals surface area contributed by atoms with E-state index in [-0.39, 0.29) is 37.6 Å². The summed E-state index contributed by atoms with van der Waals surface area (Å²) in [6, 6.07) is 9.37. The lowest BCUT2D eigenvalue weighted by molar-refractivity contribution is -0.148. The van der Waals surface area contributed by atoms with Gasteiger partial charge in [-0.3, -0.25) is 24.1 Å². The van der Waals surface area contributed by atoms with Crippen molar-refractivity contribution in [2.75, 3.05) is 18.5 Å². The van der Waals surface area contributed by atoms with Gasteiger partial charge in [-0.1, -0.05) is 17.7 Å². The number of benzene rings is 1. The number of hydrogen-bond acceptors (Lipinski definition) is 6. The van der Waals surface area contributed by atoms with E-state index in [2.05, 4.69) is 10.4 Å². The van der Waals surface area contributed by atoms with E-state index in [1.165, 1.54) is 0 Å². The van der Waals surface area contributed by atoms with E-state index in [0.29, 0.717) is 5.82 Å². The van der Waals surface area contributed by atoms with Crippen LogP contribution in [0.15, 0.2) is 30.3 Å². The first-order chi connectivity index (χ1) is 13.8. The molecule has 2 aromatic rings. The summed E-state index contributed by atoms with van der Waals surface area (Å²) in [4.78, 5) is 48.1. The van der Waals surface area contributed by atoms with Gasteiger partial charge in [-0.25, -0.2) is 4.68 Å². The summed E-state index contributed by atoms with van der Waals surface area (Å²) in [5.74, 6) is -1.29. The number of esters is 1. The van der Waals surface area contributed by atoms with Crippen LogP contribution in [0.4, 0.5) is 5.82 Å². The number of aryl methyl sites for hydroxylation is 2. The number of aromatic nitrogens is 2. The van der Waals surface area contributed by atoms with Crippen LogP contribution < -0.4 is 5.32 Å². The highest BCUT2D eigenvalue weighted by Gasteiger charge is 2.29. The standard InChI is InChI=1S/C20H22N4O5/c1-13-3-5-15(6-4-13)24-16(11-14(2)22-24)21-17(25)12-29-20(28)9-10-23-18(26)7-8-19(23)27/h3-6,11H,7-10,12H2,1-2H3,(H,21,25). The first-order valence-electron chi connectivity index (χ1n) is 9.26. The molecule has 152 valence electrons. The van der Waals surface area contributed by atoms with Crippen LogP contribution in [0.3, 0.4) is 0 Å². The molecule has 1 fully saturated rings. The quantitative estimate of drug-likeness (QED) is 0.559. The van der Waals surface area contributed by atoms with Gasteiger partial charge >= 0.3 is 5.97 Å². The number of rotatable bonds is 7. The van der Waals surface area contributed by atoms with Crippen molar-refractivity contribution in [3.63, 3.8) is 0 Å². The average Bonchev–Trinajstić information content (AvgIpc) is 3.20. The molecule has 9 heteroatoms. The van der Waals surface area contributed by atoms with Gasteiger partial charge < -0.3 is 10.1 Å². The van der Waals surface area contributed by atoms with Crippen LogP contribution >= 0.6 is 0 Å². The molecule has 3 amide bonds. The predicted molar refractivity (Wildman–Crippen MR) is 103 cm³/mol. The zero-order chi connectivity index (χ0) is 21.0. The van der Waals surface area contributed by atoms with Crippen LogP contribution in [-0.2, 0) is 23.9 Å². The van der Waals surface area contributed by atoms with Crippen LogP contribution in [0.5, 0.6) is 0 Å². The van der Waals surface area contributed by atoms with Gasteiger partial charge in [0.2, 0.25) is 11.8 Å². The first kappa shape index (κ1) is 20.2. The molecule has 0 saturated carbocycles. The summed E-state index contributed by atoms with van der Waals surface area (Å²) < 4.78 is 6.54. The van der Waals surface area contributed by atoms with E-state index < -0.39 is 18.5 Å². The van der Waals surface area contributed by atoms with E-state index in [1.54, 1.807) is 17.7 Å². The summed E-state index contributed by atoms with van der Waals surface area (Å²) in [7, 11) is 0. The molecule has 1 aromatic heterocycles. The molecule has 3 rings (SSSR count). The van der Waals surface area contributed by atoms with Gasteiger partial charge in [-0.15, -0.1) is 0 Å². The molecule has 0 unspecified atom stereocenters. The third kappa shape index (κ3) is 5.07. The van der Waals surface area contributed by atoms with Crippen molar-refractivity contribution in [2.24, 2.45) is 0 Å². The predicted octanol–water partition coefficient (Wildman–Crippen LogP) is 1.51. The molecule has 1 saturated heterocycles. The molecule has 1 N–H and O–H groups in total. The van der Waals surface area contributed by atoms with E-state index in [4.69, 9.17) is 4.74 Å². The minimum absolute atomic E-state index is 0.0302. The van der Waals surface area contributed by atoms with Crippen molar-refractivity contribution >= 4 is 29.5 Å². The van der Waals surface area contributed by atoms with Gasteiger partial charge in [0, 0.05) is 25.5 Å². The van der Waals surface area contributed by atoms with Crippen LogP contribution in [0.1, 0.15) is 30.5 Å². The lowest BCUT2D eigenvalue weighted by Crippen LogP contribution is -2.32. The molecule has 0 atom stereocenters. The topological polar surface area (TPSA) is 111 Å². The van der Waals surface area contributed by atoms with Gasteiger partial charge in [0.1, 0.15) is 5.82 Å². The Bertz CT molecular complexity index is 932. The zero-order valence-corrected chi connectivity index (χ0v) is 16.3. The Kier molecular flexibility index (Phi) is 6.06. The maximum atomic E-state index is 12.2. The van der Waals surface area contributed by atoms with Crippen LogP contribution in [0.2, 0.25) is 0 Å². The fourth-order valence-corrected chi connectivity index (χ4v) is 2.94. The molecule has 0 bridgehead atoms. The normalized spacial score (nSPS) is 13.7. The lowest BCUT2D eigenvalue weighted by Gasteiger charge is -2.13. The van der Waals surface area contributed by atoms with E-state index in [0.717, 1.165) is 21.8 Å². The highest BCUT2D eigenvalue weighted by atomic mass is 16.5. The molecule has 2 heterocycles. The summed E-state index contributed by atoms with van der Waals surface area (Å²) in [5, 5.41) is 7.05. The Labute approximate surface area is 167 Å². The Morgan fingerprint density at radius 1 is 1.10 bits per heavy atom. The number of imide groups is 1. The fourth-order valence-electron chi connectivity index (χ4n) is 2.94. The molecule has 1 aliphatic rings. The first-order valence-corrected chi connectivity index (χ1v) is 9.26. The van der Waals surface area contributed by atoms with Crippen LogP contribution in [-0.4, -0.2) is 51.5 Å². The number of ether oxygens (including phenoxy) is 1. The molecule has 1 aliphatic heterocycles. The molecule has 9 nitrogen and oxygen atoms in total. The molecule has 0 aliphatic carbocycles. The third-order valence-corrected chi connectivity index (χ3v) is 4.44. The zero-order valence-electron chi connectivity index (χ0n) is 16.3. The number of amides is 3. The molecule has 0 radical (unpaired) electrons. The SMILES string of the molecule is Cc1ccc(-n2nc(C)cc2NC(=O)COC(=O)CCN2C(=O)CCC2=O)cc1. The van der Waals surface area contributed by atoms with Crippen molar-refractivity contribution < 1.29 is 23.9 Å². The molecule has 29 heavy (non-hydrogen) atoms. The van der Waals surface area contributed by atoms with Gasteiger partial charge in [0.15, 0.2) is 6.61 Å². The minimum atomic E-state index is -0.657. The summed E-state index contributed by atoms with van der Waals surface area (Å²) in [5.41, 5.74) is 2.61. The number of hydrogen-bond donors (Lipinski definition) is 1. The number of carbonyl (C=O) groups is 4. The highest BCUT2D eigenvalue weighted by molar-refractivity contribution is 6.02. The van der Waals surface area contributed by atoms with E-state index in [1.807, 2.05) is 31.2 Å². The number of anilines is 1. The second-order valence-corrected chi connectivity index (χ2v) is 6.82. The molecular weight excluding hydrogens is 376 g/mol. The van der Waals surface area contributed by atoms with Crippen LogP contribution in [0, 0.1) is 13.8 Å². The van der Waals surface area contributed by atoms with E-state index in [9.17, 15) is 19.2 Å². The summed E-state index contributed by atoms with van der Waals surface area (Å²) >= 11 is 0. The maximum absolute atomic E-state index is 12.2. The Morgan fingerprint density at radius 3 is 2.41 bits per heavy atom. The smallest absolute Gasteiger partial charge is 0.308 e. The van der Waals surface area contributed by atoms with Gasteiger partial charge in [-0.05, 0) is 26.0 Å². The number of carbonyl (C=O) groups excluding carboxylic acids is 4. The number of likely N-dealkylation sites (tertiary alicyclic amines) is 1. The maximum Gasteiger partial charge on any atom is 0.308 e. The average molecular weight is 398 g/mol. The molecule has 1 aromatic carbocycles. The lowest BCUT2D eigenvalue weighted by atomic mass is 10.2. The highest BCUT2D eigenvalue weighted by Crippen LogP contribution is 2.17. The van der Waals surface area contributed by atoms with Crippen molar-refractivity contribution in [3.8, 4) is 5.69 Å². The molecule has 0 spiro atoms.